The molecule has 2 N–H and O–H groups in total. The van der Waals surface area contributed by atoms with E-state index in [2.05, 4.69) is 25.5 Å². The van der Waals surface area contributed by atoms with Crippen molar-refractivity contribution in [1.29, 1.82) is 0 Å². The SMILES string of the molecule is CCc1ncc(Cl)c(Nc2ccc3[nH]ncc3c2)n1. The molecule has 3 rings (SSSR count). The fourth-order valence-corrected chi connectivity index (χ4v) is 1.96. The van der Waals surface area contributed by atoms with Crippen LogP contribution in [0, 0.1) is 0 Å². The molecule has 19 heavy (non-hydrogen) atoms. The van der Waals surface area contributed by atoms with E-state index in [0.29, 0.717) is 10.8 Å². The molecule has 0 fully saturated rings. The summed E-state index contributed by atoms with van der Waals surface area (Å²) in [5, 5.41) is 11.6. The molecule has 0 atom stereocenters. The Bertz CT molecular complexity index is 722. The van der Waals surface area contributed by atoms with Crippen LogP contribution in [0.3, 0.4) is 0 Å². The summed E-state index contributed by atoms with van der Waals surface area (Å²) >= 11 is 6.09. The second-order valence-corrected chi connectivity index (χ2v) is 4.54. The number of H-pyrrole nitrogens is 1. The van der Waals surface area contributed by atoms with Gasteiger partial charge < -0.3 is 5.32 Å². The Balaban J connectivity index is 1.95. The number of nitrogens with one attached hydrogen (secondary N) is 2. The number of aromatic amines is 1. The van der Waals surface area contributed by atoms with Crippen LogP contribution in [0.25, 0.3) is 10.9 Å². The molecule has 0 saturated carbocycles. The predicted octanol–water partition coefficient (Wildman–Crippen LogP) is 3.31. The zero-order valence-corrected chi connectivity index (χ0v) is 11.1. The molecular weight excluding hydrogens is 262 g/mol. The number of halogens is 1. The average molecular weight is 274 g/mol. The Morgan fingerprint density at radius 2 is 2.21 bits per heavy atom. The molecule has 0 radical (unpaired) electrons. The van der Waals surface area contributed by atoms with Gasteiger partial charge in [-0.05, 0) is 18.2 Å². The van der Waals surface area contributed by atoms with E-state index in [-0.39, 0.29) is 0 Å². The maximum absolute atomic E-state index is 6.09. The minimum absolute atomic E-state index is 0.504. The van der Waals surface area contributed by atoms with Crippen molar-refractivity contribution in [2.45, 2.75) is 13.3 Å². The van der Waals surface area contributed by atoms with Crippen LogP contribution >= 0.6 is 11.6 Å². The van der Waals surface area contributed by atoms with Crippen LogP contribution < -0.4 is 5.32 Å². The summed E-state index contributed by atoms with van der Waals surface area (Å²) in [6.45, 7) is 2.00. The number of hydrogen-bond acceptors (Lipinski definition) is 4. The first-order valence-corrected chi connectivity index (χ1v) is 6.35. The molecule has 0 aliphatic heterocycles. The largest absolute Gasteiger partial charge is 0.339 e. The number of anilines is 2. The van der Waals surface area contributed by atoms with Crippen molar-refractivity contribution in [3.8, 4) is 0 Å². The van der Waals surface area contributed by atoms with Gasteiger partial charge in [-0.3, -0.25) is 5.10 Å². The van der Waals surface area contributed by atoms with E-state index >= 15 is 0 Å². The third kappa shape index (κ3) is 2.37. The Labute approximate surface area is 115 Å². The number of aromatic nitrogens is 4. The maximum Gasteiger partial charge on any atom is 0.152 e. The van der Waals surface area contributed by atoms with Gasteiger partial charge in [0.2, 0.25) is 0 Å². The molecule has 0 spiro atoms. The molecule has 0 aliphatic carbocycles. The summed E-state index contributed by atoms with van der Waals surface area (Å²) in [5.41, 5.74) is 1.91. The predicted molar refractivity (Wildman–Crippen MR) is 75.8 cm³/mol. The van der Waals surface area contributed by atoms with Crippen LogP contribution in [0.1, 0.15) is 12.7 Å². The van der Waals surface area contributed by atoms with E-state index < -0.39 is 0 Å². The molecular formula is C13H12ClN5. The molecule has 0 saturated heterocycles. The van der Waals surface area contributed by atoms with Gasteiger partial charge in [-0.15, -0.1) is 0 Å². The Morgan fingerprint density at radius 3 is 3.05 bits per heavy atom. The van der Waals surface area contributed by atoms with Crippen molar-refractivity contribution >= 4 is 34.0 Å². The Morgan fingerprint density at radius 1 is 1.32 bits per heavy atom. The fraction of sp³-hybridized carbons (Fsp3) is 0.154. The summed E-state index contributed by atoms with van der Waals surface area (Å²) in [6.07, 6.45) is 4.16. The third-order valence-corrected chi connectivity index (χ3v) is 3.09. The van der Waals surface area contributed by atoms with Gasteiger partial charge in [0.1, 0.15) is 10.8 Å². The third-order valence-electron chi connectivity index (χ3n) is 2.81. The highest BCUT2D eigenvalue weighted by atomic mass is 35.5. The zero-order chi connectivity index (χ0) is 13.2. The zero-order valence-electron chi connectivity index (χ0n) is 10.3. The van der Waals surface area contributed by atoms with Gasteiger partial charge in [-0.2, -0.15) is 5.10 Å². The van der Waals surface area contributed by atoms with Crippen LogP contribution in [0.5, 0.6) is 0 Å². The van der Waals surface area contributed by atoms with Gasteiger partial charge in [0.05, 0.1) is 17.9 Å². The Hall–Kier alpha value is -2.14. The summed E-state index contributed by atoms with van der Waals surface area (Å²) in [4.78, 5) is 8.52. The van der Waals surface area contributed by atoms with Gasteiger partial charge in [0.25, 0.3) is 0 Å². The van der Waals surface area contributed by atoms with Crippen LogP contribution in [0.15, 0.2) is 30.6 Å². The summed E-state index contributed by atoms with van der Waals surface area (Å²) in [6, 6.07) is 5.90. The van der Waals surface area contributed by atoms with Gasteiger partial charge in [0.15, 0.2) is 5.82 Å². The molecule has 0 bridgehead atoms. The lowest BCUT2D eigenvalue weighted by molar-refractivity contribution is 0.943. The first-order valence-electron chi connectivity index (χ1n) is 5.98. The molecule has 6 heteroatoms. The standard InChI is InChI=1S/C13H12ClN5/c1-2-12-15-7-10(14)13(18-12)17-9-3-4-11-8(5-9)6-16-19-11/h3-7H,2H2,1H3,(H,16,19)(H,15,17,18). The van der Waals surface area contributed by atoms with Crippen LogP contribution in [0.4, 0.5) is 11.5 Å². The Kier molecular flexibility index (Phi) is 3.05. The molecule has 0 unspecified atom stereocenters. The molecule has 0 amide bonds. The normalized spacial score (nSPS) is 10.8. The average Bonchev–Trinajstić information content (AvgIpc) is 2.89. The number of rotatable bonds is 3. The first-order chi connectivity index (χ1) is 9.26. The lowest BCUT2D eigenvalue weighted by Crippen LogP contribution is -1.99. The summed E-state index contributed by atoms with van der Waals surface area (Å²) < 4.78 is 0. The highest BCUT2D eigenvalue weighted by Gasteiger charge is 2.06. The molecule has 0 aliphatic rings. The van der Waals surface area contributed by atoms with E-state index in [9.17, 15) is 0 Å². The molecule has 3 aromatic rings. The summed E-state index contributed by atoms with van der Waals surface area (Å²) in [7, 11) is 0. The van der Waals surface area contributed by atoms with E-state index in [0.717, 1.165) is 28.8 Å². The number of fused-ring (bicyclic) bond motifs is 1. The molecule has 1 aromatic carbocycles. The van der Waals surface area contributed by atoms with Gasteiger partial charge in [0, 0.05) is 17.5 Å². The van der Waals surface area contributed by atoms with Crippen LogP contribution in [-0.2, 0) is 6.42 Å². The summed E-state index contributed by atoms with van der Waals surface area (Å²) in [5.74, 6) is 1.38. The molecule has 5 nitrogen and oxygen atoms in total. The highest BCUT2D eigenvalue weighted by Crippen LogP contribution is 2.24. The van der Waals surface area contributed by atoms with Gasteiger partial charge in [-0.1, -0.05) is 18.5 Å². The second-order valence-electron chi connectivity index (χ2n) is 4.13. The quantitative estimate of drug-likeness (QED) is 0.768. The number of aryl methyl sites for hydroxylation is 1. The van der Waals surface area contributed by atoms with Crippen molar-refractivity contribution in [3.05, 3.63) is 41.4 Å². The van der Waals surface area contributed by atoms with E-state index in [1.54, 1.807) is 12.4 Å². The van der Waals surface area contributed by atoms with E-state index in [4.69, 9.17) is 11.6 Å². The van der Waals surface area contributed by atoms with Gasteiger partial charge >= 0.3 is 0 Å². The topological polar surface area (TPSA) is 66.5 Å². The molecule has 2 heterocycles. The van der Waals surface area contributed by atoms with E-state index in [1.165, 1.54) is 0 Å². The van der Waals surface area contributed by atoms with Crippen LogP contribution in [0.2, 0.25) is 5.02 Å². The second kappa shape index (κ2) is 4.85. The minimum atomic E-state index is 0.504. The lowest BCUT2D eigenvalue weighted by Gasteiger charge is -2.08. The number of nitrogens with zero attached hydrogens (tertiary/aromatic N) is 3. The number of benzene rings is 1. The lowest BCUT2D eigenvalue weighted by atomic mass is 10.2. The van der Waals surface area contributed by atoms with Gasteiger partial charge in [-0.25, -0.2) is 9.97 Å². The smallest absolute Gasteiger partial charge is 0.152 e. The number of hydrogen-bond donors (Lipinski definition) is 2. The van der Waals surface area contributed by atoms with Crippen molar-refractivity contribution in [2.24, 2.45) is 0 Å². The molecule has 2 aromatic heterocycles. The minimum Gasteiger partial charge on any atom is -0.339 e. The van der Waals surface area contributed by atoms with Crippen molar-refractivity contribution in [3.63, 3.8) is 0 Å². The van der Waals surface area contributed by atoms with Crippen molar-refractivity contribution < 1.29 is 0 Å². The van der Waals surface area contributed by atoms with Crippen LogP contribution in [-0.4, -0.2) is 20.2 Å². The first kappa shape index (κ1) is 11.9. The fourth-order valence-electron chi connectivity index (χ4n) is 1.82. The van der Waals surface area contributed by atoms with Crippen molar-refractivity contribution in [2.75, 3.05) is 5.32 Å². The molecule has 96 valence electrons. The maximum atomic E-state index is 6.09. The van der Waals surface area contributed by atoms with E-state index in [1.807, 2.05) is 25.1 Å². The monoisotopic (exact) mass is 273 g/mol. The van der Waals surface area contributed by atoms with Crippen molar-refractivity contribution in [1.82, 2.24) is 20.2 Å². The highest BCUT2D eigenvalue weighted by molar-refractivity contribution is 6.32.